The molecule has 0 saturated heterocycles. The molecule has 0 aromatic rings. The fourth-order valence-electron chi connectivity index (χ4n) is 0.382. The second kappa shape index (κ2) is 6.18. The van der Waals surface area contributed by atoms with Gasteiger partial charge in [0.1, 0.15) is 11.9 Å². The Labute approximate surface area is 78.5 Å². The number of rotatable bonds is 1. The fourth-order valence-corrected chi connectivity index (χ4v) is 0.382. The quantitative estimate of drug-likeness (QED) is 0.580. The van der Waals surface area contributed by atoms with E-state index in [9.17, 15) is 9.59 Å². The van der Waals surface area contributed by atoms with Crippen molar-refractivity contribution >= 4 is 11.8 Å². The van der Waals surface area contributed by atoms with Crippen LogP contribution in [0.4, 0.5) is 0 Å². The van der Waals surface area contributed by atoms with Gasteiger partial charge in [0.05, 0.1) is 0 Å². The number of nitriles is 1. The molecular weight excluding hydrogens is 170 g/mol. The zero-order valence-corrected chi connectivity index (χ0v) is 8.67. The van der Waals surface area contributed by atoms with E-state index >= 15 is 0 Å². The van der Waals surface area contributed by atoms with Gasteiger partial charge in [0.15, 0.2) is 5.60 Å². The average Bonchev–Trinajstić information content (AvgIpc) is 1.83. The minimum absolute atomic E-state index is 0.167. The highest BCUT2D eigenvalue weighted by Gasteiger charge is 2.18. The van der Waals surface area contributed by atoms with Crippen LogP contribution in [0.1, 0.15) is 34.6 Å². The van der Waals surface area contributed by atoms with E-state index in [0.29, 0.717) is 0 Å². The molecule has 13 heavy (non-hydrogen) atoms. The van der Waals surface area contributed by atoms with Gasteiger partial charge in [0.2, 0.25) is 0 Å². The second-order valence-electron chi connectivity index (χ2n) is 3.12. The molecule has 0 radical (unpaired) electrons. The number of esters is 1. The summed E-state index contributed by atoms with van der Waals surface area (Å²) in [5.41, 5.74) is -0.980. The predicted octanol–water partition coefficient (Wildman–Crippen LogP) is 1.45. The van der Waals surface area contributed by atoms with Crippen molar-refractivity contribution in [1.82, 2.24) is 0 Å². The molecule has 0 saturated carbocycles. The smallest absolute Gasteiger partial charge is 0.304 e. The van der Waals surface area contributed by atoms with Crippen molar-refractivity contribution in [1.29, 1.82) is 5.26 Å². The first-order valence-corrected chi connectivity index (χ1v) is 3.79. The van der Waals surface area contributed by atoms with Crippen LogP contribution in [0.2, 0.25) is 0 Å². The predicted molar refractivity (Wildman–Crippen MR) is 47.8 cm³/mol. The van der Waals surface area contributed by atoms with Gasteiger partial charge in [-0.25, -0.2) is 0 Å². The highest BCUT2D eigenvalue weighted by Crippen LogP contribution is 2.05. The molecule has 0 aliphatic heterocycles. The zero-order valence-electron chi connectivity index (χ0n) is 8.67. The lowest BCUT2D eigenvalue weighted by atomic mass is 10.2. The Bertz CT molecular complexity index is 222. The van der Waals surface area contributed by atoms with Crippen LogP contribution in [-0.2, 0) is 14.3 Å². The van der Waals surface area contributed by atoms with Gasteiger partial charge in [-0.15, -0.1) is 0 Å². The minimum atomic E-state index is -0.980. The summed E-state index contributed by atoms with van der Waals surface area (Å²) in [7, 11) is 0. The molecule has 0 N–H and O–H groups in total. The number of nitrogens with zero attached hydrogens (tertiary/aromatic N) is 1. The third kappa shape index (κ3) is 18.0. The number of carbonyl (C=O) groups excluding carboxylic acids is 2. The van der Waals surface area contributed by atoms with E-state index in [4.69, 9.17) is 5.26 Å². The van der Waals surface area contributed by atoms with Crippen LogP contribution in [0, 0.1) is 11.3 Å². The molecule has 0 bridgehead atoms. The Morgan fingerprint density at radius 2 is 1.54 bits per heavy atom. The lowest BCUT2D eigenvalue weighted by Gasteiger charge is -2.13. The van der Waals surface area contributed by atoms with Gasteiger partial charge in [-0.05, 0) is 27.7 Å². The monoisotopic (exact) mass is 185 g/mol. The summed E-state index contributed by atoms with van der Waals surface area (Å²) < 4.78 is 4.59. The van der Waals surface area contributed by atoms with E-state index in [1.54, 1.807) is 0 Å². The van der Waals surface area contributed by atoms with Gasteiger partial charge >= 0.3 is 5.97 Å². The number of ether oxygens (including phenoxy) is 1. The molecular formula is C9H15NO3. The molecule has 4 heteroatoms. The van der Waals surface area contributed by atoms with Crippen molar-refractivity contribution in [3.05, 3.63) is 0 Å². The average molecular weight is 185 g/mol. The van der Waals surface area contributed by atoms with E-state index in [2.05, 4.69) is 4.74 Å². The van der Waals surface area contributed by atoms with Crippen LogP contribution in [0.15, 0.2) is 0 Å². The van der Waals surface area contributed by atoms with Gasteiger partial charge in [-0.3, -0.25) is 4.79 Å². The Morgan fingerprint density at radius 1 is 1.23 bits per heavy atom. The molecule has 0 aromatic heterocycles. The van der Waals surface area contributed by atoms with E-state index in [0.717, 1.165) is 0 Å². The van der Waals surface area contributed by atoms with Gasteiger partial charge in [0, 0.05) is 6.92 Å². The number of carbonyl (C=O) groups is 2. The molecule has 0 aliphatic rings. The molecule has 74 valence electrons. The van der Waals surface area contributed by atoms with Crippen LogP contribution in [0.3, 0.4) is 0 Å². The second-order valence-corrected chi connectivity index (χ2v) is 3.12. The highest BCUT2D eigenvalue weighted by atomic mass is 16.6. The SMILES string of the molecule is CC(=O)OC(C)(C)C#N.CC(C)=O. The lowest BCUT2D eigenvalue weighted by molar-refractivity contribution is -0.149. The summed E-state index contributed by atoms with van der Waals surface area (Å²) in [5.74, 6) is -0.262. The number of hydrogen-bond donors (Lipinski definition) is 0. The van der Waals surface area contributed by atoms with E-state index < -0.39 is 11.6 Å². The molecule has 0 heterocycles. The van der Waals surface area contributed by atoms with Crippen LogP contribution in [0.5, 0.6) is 0 Å². The normalized spacial score (nSPS) is 8.92. The van der Waals surface area contributed by atoms with Crippen molar-refractivity contribution in [3.8, 4) is 6.07 Å². The Balaban J connectivity index is 0. The standard InChI is InChI=1S/C6H9NO2.C3H6O/c1-5(8)9-6(2,3)4-7;1-3(2)4/h1-3H3;1-2H3. The third-order valence-electron chi connectivity index (χ3n) is 0.668. The zero-order chi connectivity index (χ0) is 11.1. The van der Waals surface area contributed by atoms with Crippen LogP contribution < -0.4 is 0 Å². The Morgan fingerprint density at radius 3 is 1.62 bits per heavy atom. The Kier molecular flexibility index (Phi) is 6.74. The molecule has 0 unspecified atom stereocenters. The topological polar surface area (TPSA) is 67.2 Å². The van der Waals surface area contributed by atoms with Gasteiger partial charge in [-0.2, -0.15) is 5.26 Å². The van der Waals surface area contributed by atoms with Crippen LogP contribution >= 0.6 is 0 Å². The molecule has 0 aromatic carbocycles. The first kappa shape index (κ1) is 14.2. The molecule has 0 fully saturated rings. The number of Topliss-reactive ketones (excluding diaryl/α,β-unsaturated/α-hetero) is 1. The van der Waals surface area contributed by atoms with Crippen molar-refractivity contribution in [3.63, 3.8) is 0 Å². The minimum Gasteiger partial charge on any atom is -0.444 e. The van der Waals surface area contributed by atoms with Crippen molar-refractivity contribution < 1.29 is 14.3 Å². The third-order valence-corrected chi connectivity index (χ3v) is 0.668. The van der Waals surface area contributed by atoms with Crippen LogP contribution in [-0.4, -0.2) is 17.4 Å². The fraction of sp³-hybridized carbons (Fsp3) is 0.667. The molecule has 0 amide bonds. The molecule has 0 atom stereocenters. The van der Waals surface area contributed by atoms with E-state index in [1.807, 2.05) is 6.07 Å². The molecule has 0 rings (SSSR count). The van der Waals surface area contributed by atoms with Gasteiger partial charge < -0.3 is 9.53 Å². The van der Waals surface area contributed by atoms with Crippen molar-refractivity contribution in [2.24, 2.45) is 0 Å². The summed E-state index contributed by atoms with van der Waals surface area (Å²) in [4.78, 5) is 19.7. The summed E-state index contributed by atoms with van der Waals surface area (Å²) in [6, 6.07) is 1.83. The Hall–Kier alpha value is -1.37. The molecule has 0 aliphatic carbocycles. The summed E-state index contributed by atoms with van der Waals surface area (Å²) >= 11 is 0. The highest BCUT2D eigenvalue weighted by molar-refractivity contribution is 5.72. The van der Waals surface area contributed by atoms with Crippen molar-refractivity contribution in [2.75, 3.05) is 0 Å². The number of hydrogen-bond acceptors (Lipinski definition) is 4. The maximum absolute atomic E-state index is 10.2. The summed E-state index contributed by atoms with van der Waals surface area (Å²) in [6.45, 7) is 7.40. The maximum Gasteiger partial charge on any atom is 0.304 e. The number of ketones is 1. The molecule has 0 spiro atoms. The first-order valence-electron chi connectivity index (χ1n) is 3.79. The maximum atomic E-state index is 10.2. The van der Waals surface area contributed by atoms with Gasteiger partial charge in [-0.1, -0.05) is 0 Å². The summed E-state index contributed by atoms with van der Waals surface area (Å²) in [5, 5.41) is 8.32. The summed E-state index contributed by atoms with van der Waals surface area (Å²) in [6.07, 6.45) is 0. The van der Waals surface area contributed by atoms with Crippen LogP contribution in [0.25, 0.3) is 0 Å². The largest absolute Gasteiger partial charge is 0.444 e. The van der Waals surface area contributed by atoms with E-state index in [1.165, 1.54) is 34.6 Å². The lowest BCUT2D eigenvalue weighted by Crippen LogP contribution is -2.24. The van der Waals surface area contributed by atoms with Gasteiger partial charge in [0.25, 0.3) is 0 Å². The molecule has 4 nitrogen and oxygen atoms in total. The first-order chi connectivity index (χ1) is 5.71. The van der Waals surface area contributed by atoms with Crippen molar-refractivity contribution in [2.45, 2.75) is 40.2 Å². The van der Waals surface area contributed by atoms with E-state index in [-0.39, 0.29) is 5.78 Å².